The Hall–Kier alpha value is -1.37. The molecule has 0 aliphatic carbocycles. The van der Waals surface area contributed by atoms with Crippen LogP contribution < -0.4 is 4.57 Å². The van der Waals surface area contributed by atoms with E-state index in [-0.39, 0.29) is 0 Å². The largest absolute Gasteiger partial charge is 0.202 e. The van der Waals surface area contributed by atoms with E-state index in [1.807, 2.05) is 0 Å². The van der Waals surface area contributed by atoms with Crippen LogP contribution in [0.3, 0.4) is 0 Å². The second kappa shape index (κ2) is 33.5. The van der Waals surface area contributed by atoms with Gasteiger partial charge in [0.1, 0.15) is 0 Å². The summed E-state index contributed by atoms with van der Waals surface area (Å²) in [5.74, 6) is 0. The zero-order chi connectivity index (χ0) is 30.7. The summed E-state index contributed by atoms with van der Waals surface area (Å²) < 4.78 is 2.50. The lowest BCUT2D eigenvalue weighted by Gasteiger charge is -2.12. The van der Waals surface area contributed by atoms with Gasteiger partial charge < -0.3 is 0 Å². The van der Waals surface area contributed by atoms with Gasteiger partial charge >= 0.3 is 0 Å². The number of allylic oxidation sites excluding steroid dienone is 4. The van der Waals surface area contributed by atoms with Gasteiger partial charge in [-0.2, -0.15) is 0 Å². The highest BCUT2D eigenvalue weighted by molar-refractivity contribution is 4.84. The molecule has 0 atom stereocenters. The van der Waals surface area contributed by atoms with E-state index in [1.165, 1.54) is 193 Å². The molecule has 1 aromatic rings. The predicted octanol–water partition coefficient (Wildman–Crippen LogP) is 14.4. The Bertz CT molecular complexity index is 663. The zero-order valence-electron chi connectivity index (χ0n) is 29.4. The molecule has 0 aliphatic heterocycles. The molecule has 0 spiro atoms. The summed E-state index contributed by atoms with van der Waals surface area (Å²) in [5.41, 5.74) is 0. The molecule has 1 heteroatoms. The second-order valence-corrected chi connectivity index (χ2v) is 13.4. The van der Waals surface area contributed by atoms with Crippen molar-refractivity contribution >= 4 is 0 Å². The van der Waals surface area contributed by atoms with Crippen LogP contribution in [0.4, 0.5) is 0 Å². The minimum atomic E-state index is 0.690. The quantitative estimate of drug-likeness (QED) is 0.0433. The van der Waals surface area contributed by atoms with Crippen molar-refractivity contribution in [2.24, 2.45) is 0 Å². The minimum Gasteiger partial charge on any atom is -0.202 e. The average Bonchev–Trinajstić information content (AvgIpc) is 3.03. The first-order valence-electron chi connectivity index (χ1n) is 19.6. The number of nitrogens with zero attached hydrogens (tertiary/aromatic N) is 1. The van der Waals surface area contributed by atoms with Gasteiger partial charge in [-0.05, 0) is 64.2 Å². The average molecular weight is 595 g/mol. The molecule has 0 N–H and O–H groups in total. The standard InChI is InChI=1S/C42H76N/c1-3-5-7-9-11-13-15-17-19-21-23-25-27-29-31-34-38-42(43-40-36-33-37-41-43)39-35-32-30-28-26-24-22-20-18-16-14-12-10-8-6-4-2/h17-20,33,36-37,40-42H,3-16,21-32,34-35,38-39H2,1-2H3/q+1/b19-17+,20-18+. The van der Waals surface area contributed by atoms with Crippen molar-refractivity contribution in [2.45, 2.75) is 213 Å². The monoisotopic (exact) mass is 595 g/mol. The Kier molecular flexibility index (Phi) is 30.9. The van der Waals surface area contributed by atoms with E-state index in [1.54, 1.807) is 0 Å². The van der Waals surface area contributed by atoms with Crippen LogP contribution >= 0.6 is 0 Å². The molecule has 0 aliphatic rings. The number of hydrogen-bond donors (Lipinski definition) is 0. The fourth-order valence-electron chi connectivity index (χ4n) is 6.35. The molecule has 1 aromatic heterocycles. The molecule has 43 heavy (non-hydrogen) atoms. The maximum atomic E-state index is 2.50. The maximum absolute atomic E-state index is 2.50. The number of pyridine rings is 1. The highest BCUT2D eigenvalue weighted by Crippen LogP contribution is 2.20. The summed E-state index contributed by atoms with van der Waals surface area (Å²) in [4.78, 5) is 0. The van der Waals surface area contributed by atoms with Gasteiger partial charge in [0, 0.05) is 25.0 Å². The highest BCUT2D eigenvalue weighted by Gasteiger charge is 2.16. The van der Waals surface area contributed by atoms with Gasteiger partial charge in [0.05, 0.1) is 0 Å². The number of unbranched alkanes of at least 4 members (excludes halogenated alkanes) is 24. The number of hydrogen-bond acceptors (Lipinski definition) is 0. The molecule has 0 bridgehead atoms. The molecule has 0 saturated heterocycles. The van der Waals surface area contributed by atoms with E-state index in [2.05, 4.69) is 73.3 Å². The summed E-state index contributed by atoms with van der Waals surface area (Å²) in [5, 5.41) is 0. The van der Waals surface area contributed by atoms with E-state index >= 15 is 0 Å². The van der Waals surface area contributed by atoms with Crippen LogP contribution in [-0.2, 0) is 0 Å². The normalized spacial score (nSPS) is 12.0. The molecule has 1 nitrogen and oxygen atoms in total. The Labute approximate surface area is 271 Å². The van der Waals surface area contributed by atoms with Crippen LogP contribution in [0.2, 0.25) is 0 Å². The SMILES string of the molecule is CCCCCCCC/C=C/CCCCCCCCC(CCCCCCCC/C=C/CCCCCCCC)[n+]1ccccc1. The molecule has 0 radical (unpaired) electrons. The summed E-state index contributed by atoms with van der Waals surface area (Å²) in [6.45, 7) is 4.59. The van der Waals surface area contributed by atoms with Crippen LogP contribution in [-0.4, -0.2) is 0 Å². The van der Waals surface area contributed by atoms with Crippen molar-refractivity contribution < 1.29 is 4.57 Å². The zero-order valence-corrected chi connectivity index (χ0v) is 29.4. The summed E-state index contributed by atoms with van der Waals surface area (Å²) in [6, 6.07) is 7.25. The minimum absolute atomic E-state index is 0.690. The lowest BCUT2D eigenvalue weighted by atomic mass is 9.99. The smallest absolute Gasteiger partial charge is 0.169 e. The van der Waals surface area contributed by atoms with Crippen molar-refractivity contribution in [3.8, 4) is 0 Å². The predicted molar refractivity (Wildman–Crippen MR) is 194 cm³/mol. The molecule has 1 rings (SSSR count). The maximum Gasteiger partial charge on any atom is 0.169 e. The fraction of sp³-hybridized carbons (Fsp3) is 0.786. The first-order valence-corrected chi connectivity index (χ1v) is 19.6. The molecule has 1 heterocycles. The van der Waals surface area contributed by atoms with E-state index < -0.39 is 0 Å². The third kappa shape index (κ3) is 27.9. The van der Waals surface area contributed by atoms with E-state index in [9.17, 15) is 0 Å². The van der Waals surface area contributed by atoms with Crippen LogP contribution in [0.5, 0.6) is 0 Å². The molecular weight excluding hydrogens is 518 g/mol. The van der Waals surface area contributed by atoms with Crippen molar-refractivity contribution in [3.05, 3.63) is 54.9 Å². The molecule has 0 saturated carbocycles. The Morgan fingerprint density at radius 1 is 0.372 bits per heavy atom. The van der Waals surface area contributed by atoms with E-state index in [0.29, 0.717) is 6.04 Å². The van der Waals surface area contributed by atoms with Gasteiger partial charge in [-0.25, -0.2) is 4.57 Å². The van der Waals surface area contributed by atoms with Gasteiger partial charge in [-0.3, -0.25) is 0 Å². The first kappa shape index (κ1) is 39.7. The lowest BCUT2D eigenvalue weighted by Crippen LogP contribution is -2.38. The summed E-state index contributed by atoms with van der Waals surface area (Å²) >= 11 is 0. The van der Waals surface area contributed by atoms with Crippen LogP contribution in [0, 0.1) is 0 Å². The van der Waals surface area contributed by atoms with Gasteiger partial charge in [-0.1, -0.05) is 160 Å². The van der Waals surface area contributed by atoms with Gasteiger partial charge in [0.25, 0.3) is 0 Å². The van der Waals surface area contributed by atoms with Crippen LogP contribution in [0.15, 0.2) is 54.9 Å². The molecule has 248 valence electrons. The molecule has 0 unspecified atom stereocenters. The fourth-order valence-corrected chi connectivity index (χ4v) is 6.35. The first-order chi connectivity index (χ1) is 21.4. The third-order valence-corrected chi connectivity index (χ3v) is 9.26. The molecule has 0 amide bonds. The Morgan fingerprint density at radius 3 is 1.02 bits per heavy atom. The van der Waals surface area contributed by atoms with Crippen molar-refractivity contribution in [2.75, 3.05) is 0 Å². The summed E-state index contributed by atoms with van der Waals surface area (Å²) in [6.07, 6.45) is 56.0. The van der Waals surface area contributed by atoms with Crippen molar-refractivity contribution in [1.29, 1.82) is 0 Å². The van der Waals surface area contributed by atoms with E-state index in [0.717, 1.165) is 0 Å². The van der Waals surface area contributed by atoms with Crippen LogP contribution in [0.25, 0.3) is 0 Å². The highest BCUT2D eigenvalue weighted by atomic mass is 15.0. The number of aromatic nitrogens is 1. The van der Waals surface area contributed by atoms with Gasteiger partial charge in [0.2, 0.25) is 0 Å². The Morgan fingerprint density at radius 2 is 0.674 bits per heavy atom. The molecule has 0 aromatic carbocycles. The van der Waals surface area contributed by atoms with Crippen LogP contribution in [0.1, 0.15) is 213 Å². The second-order valence-electron chi connectivity index (χ2n) is 13.4. The van der Waals surface area contributed by atoms with E-state index in [4.69, 9.17) is 0 Å². The Balaban J connectivity index is 2.01. The number of rotatable bonds is 33. The molecular formula is C42H76N+. The third-order valence-electron chi connectivity index (χ3n) is 9.26. The summed E-state index contributed by atoms with van der Waals surface area (Å²) in [7, 11) is 0. The topological polar surface area (TPSA) is 3.88 Å². The van der Waals surface area contributed by atoms with Crippen molar-refractivity contribution in [1.82, 2.24) is 0 Å². The lowest BCUT2D eigenvalue weighted by molar-refractivity contribution is -0.724. The van der Waals surface area contributed by atoms with Gasteiger partial charge in [-0.15, -0.1) is 0 Å². The molecule has 0 fully saturated rings. The van der Waals surface area contributed by atoms with Gasteiger partial charge in [0.15, 0.2) is 18.4 Å². The van der Waals surface area contributed by atoms with Crippen molar-refractivity contribution in [3.63, 3.8) is 0 Å².